The molecule has 4 heterocycles. The fraction of sp³-hybridized carbons (Fsp3) is 0.320. The van der Waals surface area contributed by atoms with Gasteiger partial charge in [0, 0.05) is 29.2 Å². The van der Waals surface area contributed by atoms with Crippen molar-refractivity contribution in [2.75, 3.05) is 6.54 Å². The minimum atomic E-state index is -0.908. The number of nitrogens with one attached hydrogen (secondary N) is 1. The zero-order valence-electron chi connectivity index (χ0n) is 19.5. The van der Waals surface area contributed by atoms with Crippen LogP contribution in [0.1, 0.15) is 58.3 Å². The van der Waals surface area contributed by atoms with E-state index in [1.807, 2.05) is 49.6 Å². The number of nitrogens with zero attached hydrogens (tertiary/aromatic N) is 4. The third kappa shape index (κ3) is 4.80. The van der Waals surface area contributed by atoms with Gasteiger partial charge < -0.3 is 20.0 Å². The summed E-state index contributed by atoms with van der Waals surface area (Å²) in [6.45, 7) is 4.36. The van der Waals surface area contributed by atoms with Gasteiger partial charge in [-0.15, -0.1) is 21.5 Å². The monoisotopic (exact) mass is 490 g/mol. The Morgan fingerprint density at radius 1 is 1.29 bits per heavy atom. The molecule has 35 heavy (non-hydrogen) atoms. The summed E-state index contributed by atoms with van der Waals surface area (Å²) in [7, 11) is 0. The average Bonchev–Trinajstić information content (AvgIpc) is 3.59. The lowest BCUT2D eigenvalue weighted by Crippen LogP contribution is -2.35. The summed E-state index contributed by atoms with van der Waals surface area (Å²) >= 11 is 1.55. The van der Waals surface area contributed by atoms with E-state index >= 15 is 0 Å². The smallest absolute Gasteiger partial charge is 0.264 e. The summed E-state index contributed by atoms with van der Waals surface area (Å²) in [6, 6.07) is 12.6. The second-order valence-corrected chi connectivity index (χ2v) is 10.0. The largest absolute Gasteiger partial charge is 0.417 e. The number of aromatic nitrogens is 4. The highest BCUT2D eigenvalue weighted by Crippen LogP contribution is 2.35. The van der Waals surface area contributed by atoms with Gasteiger partial charge in [0.2, 0.25) is 11.4 Å². The van der Waals surface area contributed by atoms with E-state index in [9.17, 15) is 9.59 Å². The number of pyridine rings is 1. The minimum absolute atomic E-state index is 0.0881. The van der Waals surface area contributed by atoms with Crippen LogP contribution in [0.4, 0.5) is 0 Å². The number of carbonyl (C=O) groups is 1. The number of carbonyl (C=O) groups excluding carboxylic acids is 1. The van der Waals surface area contributed by atoms with E-state index in [2.05, 4.69) is 20.2 Å². The molecule has 1 fully saturated rings. The van der Waals surface area contributed by atoms with Crippen molar-refractivity contribution in [3.05, 3.63) is 85.9 Å². The molecule has 2 atom stereocenters. The molecule has 4 aromatic rings. The van der Waals surface area contributed by atoms with Crippen LogP contribution >= 0.6 is 11.3 Å². The Kier molecular flexibility index (Phi) is 6.08. The Balaban J connectivity index is 1.41. The standard InChI is InChI=1S/C25H26N6O3S/c1-15-14-35-22(27-15)19-9-6-10-31(19)23(33)17-11-18(28-20(32)12-17)21-29-30-24(34-21)25(2,26)13-16-7-4-3-5-8-16/h3-5,7-8,11-12,14,19H,6,9-10,13,26H2,1-2H3,(H,28,32)/t19-,25+/m1/s1. The summed E-state index contributed by atoms with van der Waals surface area (Å²) in [5.41, 5.74) is 7.67. The molecule has 1 aliphatic rings. The summed E-state index contributed by atoms with van der Waals surface area (Å²) in [6.07, 6.45) is 2.23. The molecule has 0 spiro atoms. The highest BCUT2D eigenvalue weighted by atomic mass is 32.1. The number of benzene rings is 1. The van der Waals surface area contributed by atoms with Gasteiger partial charge in [0.05, 0.1) is 11.6 Å². The molecule has 1 aromatic carbocycles. The molecule has 0 aliphatic carbocycles. The third-order valence-corrected chi connectivity index (χ3v) is 7.15. The first-order valence-electron chi connectivity index (χ1n) is 11.4. The van der Waals surface area contributed by atoms with E-state index in [1.54, 1.807) is 22.3 Å². The molecule has 0 unspecified atom stereocenters. The maximum Gasteiger partial charge on any atom is 0.264 e. The lowest BCUT2D eigenvalue weighted by molar-refractivity contribution is 0.0735. The molecule has 0 saturated carbocycles. The van der Waals surface area contributed by atoms with Gasteiger partial charge in [-0.05, 0) is 44.7 Å². The van der Waals surface area contributed by atoms with Crippen LogP contribution in [0.3, 0.4) is 0 Å². The van der Waals surface area contributed by atoms with E-state index in [0.29, 0.717) is 13.0 Å². The maximum atomic E-state index is 13.4. The Morgan fingerprint density at radius 2 is 2.09 bits per heavy atom. The molecule has 9 nitrogen and oxygen atoms in total. The molecular weight excluding hydrogens is 464 g/mol. The van der Waals surface area contributed by atoms with Gasteiger partial charge in [-0.1, -0.05) is 30.3 Å². The summed E-state index contributed by atoms with van der Waals surface area (Å²) < 4.78 is 5.86. The lowest BCUT2D eigenvalue weighted by Gasteiger charge is -2.23. The number of aromatic amines is 1. The Labute approximate surface area is 206 Å². The van der Waals surface area contributed by atoms with E-state index in [1.165, 1.54) is 6.07 Å². The Morgan fingerprint density at radius 3 is 2.83 bits per heavy atom. The molecule has 3 N–H and O–H groups in total. The molecule has 1 amide bonds. The fourth-order valence-electron chi connectivity index (χ4n) is 4.40. The van der Waals surface area contributed by atoms with Gasteiger partial charge in [-0.3, -0.25) is 9.59 Å². The molecule has 10 heteroatoms. The molecule has 1 aliphatic heterocycles. The summed E-state index contributed by atoms with van der Waals surface area (Å²) in [4.78, 5) is 34.9. The summed E-state index contributed by atoms with van der Waals surface area (Å²) in [5, 5.41) is 11.1. The number of thiazole rings is 1. The SMILES string of the molecule is Cc1csc([C@H]2CCCN2C(=O)c2cc(-c3nnc([C@@](C)(N)Cc4ccccc4)o3)[nH]c(=O)c2)n1. The van der Waals surface area contributed by atoms with Crippen LogP contribution in [0.25, 0.3) is 11.6 Å². The topological polar surface area (TPSA) is 131 Å². The van der Waals surface area contributed by atoms with Crippen LogP contribution in [0.5, 0.6) is 0 Å². The number of hydrogen-bond acceptors (Lipinski definition) is 8. The van der Waals surface area contributed by atoms with Crippen LogP contribution < -0.4 is 11.3 Å². The Bertz CT molecular complexity index is 1410. The third-order valence-electron chi connectivity index (χ3n) is 6.08. The number of H-pyrrole nitrogens is 1. The van der Waals surface area contributed by atoms with E-state index in [-0.39, 0.29) is 35.0 Å². The fourth-order valence-corrected chi connectivity index (χ4v) is 5.34. The minimum Gasteiger partial charge on any atom is -0.417 e. The van der Waals surface area contributed by atoms with Crippen LogP contribution in [0.2, 0.25) is 0 Å². The number of amides is 1. The summed E-state index contributed by atoms with van der Waals surface area (Å²) in [5.74, 6) is 0.123. The second kappa shape index (κ2) is 9.20. The maximum absolute atomic E-state index is 13.4. The van der Waals surface area contributed by atoms with Gasteiger partial charge in [0.25, 0.3) is 11.8 Å². The van der Waals surface area contributed by atoms with Gasteiger partial charge >= 0.3 is 0 Å². The average molecular weight is 491 g/mol. The van der Waals surface area contributed by atoms with Crippen molar-refractivity contribution in [3.8, 4) is 11.6 Å². The van der Waals surface area contributed by atoms with Crippen molar-refractivity contribution >= 4 is 17.2 Å². The molecule has 5 rings (SSSR count). The second-order valence-electron chi connectivity index (χ2n) is 9.12. The van der Waals surface area contributed by atoms with Crippen molar-refractivity contribution < 1.29 is 9.21 Å². The molecule has 0 bridgehead atoms. The highest BCUT2D eigenvalue weighted by molar-refractivity contribution is 7.09. The normalized spacial score (nSPS) is 17.5. The molecule has 180 valence electrons. The van der Waals surface area contributed by atoms with Gasteiger partial charge in [-0.2, -0.15) is 0 Å². The van der Waals surface area contributed by atoms with Crippen molar-refractivity contribution in [1.82, 2.24) is 25.1 Å². The van der Waals surface area contributed by atoms with Crippen LogP contribution in [0.15, 0.2) is 57.1 Å². The Hall–Kier alpha value is -3.63. The van der Waals surface area contributed by atoms with Gasteiger partial charge in [0.15, 0.2) is 0 Å². The van der Waals surface area contributed by atoms with Crippen molar-refractivity contribution in [1.29, 1.82) is 0 Å². The van der Waals surface area contributed by atoms with Crippen molar-refractivity contribution in [2.45, 2.75) is 44.7 Å². The number of likely N-dealkylation sites (tertiary alicyclic amines) is 1. The van der Waals surface area contributed by atoms with Gasteiger partial charge in [0.1, 0.15) is 10.7 Å². The first kappa shape index (κ1) is 23.1. The number of hydrogen-bond donors (Lipinski definition) is 2. The van der Waals surface area contributed by atoms with Crippen LogP contribution in [0, 0.1) is 6.92 Å². The first-order chi connectivity index (χ1) is 16.8. The molecule has 1 saturated heterocycles. The molecule has 0 radical (unpaired) electrons. The number of nitrogens with two attached hydrogens (primary N) is 1. The number of rotatable bonds is 6. The van der Waals surface area contributed by atoms with E-state index < -0.39 is 11.1 Å². The van der Waals surface area contributed by atoms with Gasteiger partial charge in [-0.25, -0.2) is 4.98 Å². The van der Waals surface area contributed by atoms with Crippen LogP contribution in [-0.4, -0.2) is 37.5 Å². The molecular formula is C25H26N6O3S. The highest BCUT2D eigenvalue weighted by Gasteiger charge is 2.33. The van der Waals surface area contributed by atoms with E-state index in [4.69, 9.17) is 10.2 Å². The van der Waals surface area contributed by atoms with Crippen molar-refractivity contribution in [3.63, 3.8) is 0 Å². The van der Waals surface area contributed by atoms with E-state index in [0.717, 1.165) is 29.1 Å². The first-order valence-corrected chi connectivity index (χ1v) is 12.3. The predicted molar refractivity (Wildman–Crippen MR) is 132 cm³/mol. The number of aryl methyl sites for hydroxylation is 1. The molecule has 3 aromatic heterocycles. The zero-order valence-corrected chi connectivity index (χ0v) is 20.3. The lowest BCUT2D eigenvalue weighted by atomic mass is 9.94. The quantitative estimate of drug-likeness (QED) is 0.422. The van der Waals surface area contributed by atoms with Crippen molar-refractivity contribution in [2.24, 2.45) is 5.73 Å². The zero-order chi connectivity index (χ0) is 24.6. The van der Waals surface area contributed by atoms with Crippen LogP contribution in [-0.2, 0) is 12.0 Å². The predicted octanol–water partition coefficient (Wildman–Crippen LogP) is 3.58.